The Hall–Kier alpha value is 1.32. The van der Waals surface area contributed by atoms with Gasteiger partial charge in [-0.1, -0.05) is 22.0 Å². The summed E-state index contributed by atoms with van der Waals surface area (Å²) in [7, 11) is 0. The predicted molar refractivity (Wildman–Crippen MR) is 98.1 cm³/mol. The first-order chi connectivity index (χ1) is 8.41. The highest BCUT2D eigenvalue weighted by atomic mass is 79.9. The second kappa shape index (κ2) is 6.39. The summed E-state index contributed by atoms with van der Waals surface area (Å²) in [6.07, 6.45) is 0. The molecule has 2 aromatic rings. The molecule has 0 N–H and O–H groups in total. The lowest BCUT2D eigenvalue weighted by Gasteiger charge is -2.11. The molecule has 2 rings (SSSR count). The summed E-state index contributed by atoms with van der Waals surface area (Å²) in [4.78, 5) is 0. The zero-order valence-corrected chi connectivity index (χ0v) is 18.1. The van der Waals surface area contributed by atoms with Gasteiger partial charge in [0.05, 0.1) is 0 Å². The van der Waals surface area contributed by atoms with Crippen molar-refractivity contribution in [2.24, 2.45) is 0 Å². The van der Waals surface area contributed by atoms with Crippen LogP contribution in [0.25, 0.3) is 11.1 Å². The van der Waals surface area contributed by atoms with E-state index >= 15 is 0 Å². The summed E-state index contributed by atoms with van der Waals surface area (Å²) in [6.45, 7) is 0. The van der Waals surface area contributed by atoms with Crippen molar-refractivity contribution in [1.82, 2.24) is 0 Å². The molecule has 0 aliphatic carbocycles. The van der Waals surface area contributed by atoms with Crippen LogP contribution in [-0.4, -0.2) is 0 Å². The van der Waals surface area contributed by atoms with Gasteiger partial charge in [0.1, 0.15) is 0 Å². The van der Waals surface area contributed by atoms with E-state index in [0.29, 0.717) is 0 Å². The van der Waals surface area contributed by atoms with E-state index in [1.165, 1.54) is 0 Å². The van der Waals surface area contributed by atoms with Crippen LogP contribution in [0.4, 0.5) is 0 Å². The van der Waals surface area contributed by atoms with Crippen molar-refractivity contribution in [3.8, 4) is 11.1 Å². The lowest BCUT2D eigenvalue weighted by molar-refractivity contribution is 1.47. The fourth-order valence-corrected chi connectivity index (χ4v) is 4.52. The lowest BCUT2D eigenvalue weighted by Crippen LogP contribution is -1.85. The molecule has 0 fully saturated rings. The van der Waals surface area contributed by atoms with Gasteiger partial charge in [0, 0.05) is 26.8 Å². The van der Waals surface area contributed by atoms with Crippen molar-refractivity contribution in [2.75, 3.05) is 0 Å². The molecule has 0 spiro atoms. The SMILES string of the molecule is Brc1cc(Br)c(-c2ccc(Br)c(Br)c2Br)cc1Br. The molecule has 2 aromatic carbocycles. The molecule has 0 saturated heterocycles. The average Bonchev–Trinajstić information content (AvgIpc) is 2.32. The molecule has 0 saturated carbocycles. The normalized spacial score (nSPS) is 10.8. The number of rotatable bonds is 1. The maximum Gasteiger partial charge on any atom is 0.0465 e. The maximum atomic E-state index is 3.62. The zero-order chi connectivity index (χ0) is 13.4. The predicted octanol–water partition coefficient (Wildman–Crippen LogP) is 7.93. The van der Waals surface area contributed by atoms with Crippen LogP contribution in [-0.2, 0) is 0 Å². The topological polar surface area (TPSA) is 0 Å². The van der Waals surface area contributed by atoms with Gasteiger partial charge in [0.15, 0.2) is 0 Å². The molecule has 0 aliphatic heterocycles. The van der Waals surface area contributed by atoms with Crippen LogP contribution in [0.3, 0.4) is 0 Å². The van der Waals surface area contributed by atoms with Crippen molar-refractivity contribution in [3.63, 3.8) is 0 Å². The summed E-state index contributed by atoms with van der Waals surface area (Å²) in [5, 5.41) is 0. The highest BCUT2D eigenvalue weighted by Gasteiger charge is 2.13. The quantitative estimate of drug-likeness (QED) is 0.223. The van der Waals surface area contributed by atoms with E-state index in [1.54, 1.807) is 0 Å². The Morgan fingerprint density at radius 1 is 0.500 bits per heavy atom. The van der Waals surface area contributed by atoms with E-state index in [4.69, 9.17) is 0 Å². The minimum absolute atomic E-state index is 1.01. The monoisotopic (exact) mass is 622 g/mol. The standard InChI is InChI=1S/C12H4Br6/c13-7-2-1-5(11(17)12(7)18)6-3-9(15)10(16)4-8(6)14/h1-4H. The summed E-state index contributed by atoms with van der Waals surface area (Å²) in [5.74, 6) is 0. The lowest BCUT2D eigenvalue weighted by atomic mass is 10.1. The van der Waals surface area contributed by atoms with Crippen LogP contribution < -0.4 is 0 Å². The molecule has 0 aromatic heterocycles. The fourth-order valence-electron chi connectivity index (χ4n) is 1.46. The second-order valence-electron chi connectivity index (χ2n) is 3.47. The Morgan fingerprint density at radius 2 is 1.11 bits per heavy atom. The minimum atomic E-state index is 1.01. The van der Waals surface area contributed by atoms with Crippen LogP contribution in [0.15, 0.2) is 51.1 Å². The largest absolute Gasteiger partial charge is 0.0520 e. The fraction of sp³-hybridized carbons (Fsp3) is 0. The third-order valence-corrected chi connectivity index (χ3v) is 8.21. The van der Waals surface area contributed by atoms with Crippen molar-refractivity contribution < 1.29 is 0 Å². The van der Waals surface area contributed by atoms with Crippen LogP contribution in [0.1, 0.15) is 0 Å². The summed E-state index contributed by atoms with van der Waals surface area (Å²) in [5.41, 5.74) is 2.23. The zero-order valence-electron chi connectivity index (χ0n) is 8.58. The first-order valence-corrected chi connectivity index (χ1v) is 9.46. The summed E-state index contributed by atoms with van der Waals surface area (Å²) >= 11 is 21.3. The van der Waals surface area contributed by atoms with E-state index in [0.717, 1.165) is 38.0 Å². The van der Waals surface area contributed by atoms with Crippen molar-refractivity contribution in [1.29, 1.82) is 0 Å². The highest BCUT2D eigenvalue weighted by Crippen LogP contribution is 2.43. The van der Waals surface area contributed by atoms with E-state index in [9.17, 15) is 0 Å². The Kier molecular flexibility index (Phi) is 5.58. The van der Waals surface area contributed by atoms with E-state index in [-0.39, 0.29) is 0 Å². The van der Waals surface area contributed by atoms with Crippen molar-refractivity contribution >= 4 is 95.6 Å². The molecule has 0 heterocycles. The minimum Gasteiger partial charge on any atom is -0.0520 e. The molecule has 0 aliphatic rings. The van der Waals surface area contributed by atoms with Crippen LogP contribution >= 0.6 is 95.6 Å². The van der Waals surface area contributed by atoms with E-state index < -0.39 is 0 Å². The smallest absolute Gasteiger partial charge is 0.0465 e. The van der Waals surface area contributed by atoms with Gasteiger partial charge >= 0.3 is 0 Å². The third-order valence-electron chi connectivity index (χ3n) is 2.34. The van der Waals surface area contributed by atoms with Crippen LogP contribution in [0.2, 0.25) is 0 Å². The van der Waals surface area contributed by atoms with Gasteiger partial charge < -0.3 is 0 Å². The van der Waals surface area contributed by atoms with Crippen molar-refractivity contribution in [2.45, 2.75) is 0 Å². The molecule has 0 unspecified atom stereocenters. The maximum absolute atomic E-state index is 3.62. The molecule has 6 heteroatoms. The average molecular weight is 628 g/mol. The first kappa shape index (κ1) is 15.7. The van der Waals surface area contributed by atoms with Gasteiger partial charge in [-0.3, -0.25) is 0 Å². The van der Waals surface area contributed by atoms with E-state index in [2.05, 4.69) is 108 Å². The van der Waals surface area contributed by atoms with Gasteiger partial charge in [-0.15, -0.1) is 0 Å². The van der Waals surface area contributed by atoms with Gasteiger partial charge in [0.25, 0.3) is 0 Å². The molecule has 0 bridgehead atoms. The number of hydrogen-bond acceptors (Lipinski definition) is 0. The summed E-state index contributed by atoms with van der Waals surface area (Å²) in [6, 6.07) is 8.20. The van der Waals surface area contributed by atoms with Crippen molar-refractivity contribution in [3.05, 3.63) is 51.1 Å². The number of benzene rings is 2. The van der Waals surface area contributed by atoms with Crippen LogP contribution in [0, 0.1) is 0 Å². The van der Waals surface area contributed by atoms with Gasteiger partial charge in [-0.25, -0.2) is 0 Å². The first-order valence-electron chi connectivity index (χ1n) is 4.70. The Bertz CT molecular complexity index is 620. The Labute approximate surface area is 156 Å². The second-order valence-corrected chi connectivity index (χ2v) is 8.47. The van der Waals surface area contributed by atoms with Gasteiger partial charge in [0.2, 0.25) is 0 Å². The highest BCUT2D eigenvalue weighted by molar-refractivity contribution is 9.14. The summed E-state index contributed by atoms with van der Waals surface area (Å²) < 4.78 is 6.12. The molecular weight excluding hydrogens is 624 g/mol. The third kappa shape index (κ3) is 3.14. The van der Waals surface area contributed by atoms with Crippen LogP contribution in [0.5, 0.6) is 0 Å². The number of halogens is 6. The molecule has 18 heavy (non-hydrogen) atoms. The van der Waals surface area contributed by atoms with Gasteiger partial charge in [-0.05, 0) is 109 Å². The number of hydrogen-bond donors (Lipinski definition) is 0. The molecule has 94 valence electrons. The molecule has 0 radical (unpaired) electrons. The Morgan fingerprint density at radius 3 is 1.78 bits per heavy atom. The van der Waals surface area contributed by atoms with E-state index in [1.807, 2.05) is 12.1 Å². The molecule has 0 atom stereocenters. The Balaban J connectivity index is 2.70. The molecular formula is C12H4Br6. The molecule has 0 nitrogen and oxygen atoms in total. The molecule has 0 amide bonds. The van der Waals surface area contributed by atoms with Gasteiger partial charge in [-0.2, -0.15) is 0 Å².